The van der Waals surface area contributed by atoms with Gasteiger partial charge in [0.25, 0.3) is 0 Å². The van der Waals surface area contributed by atoms with Crippen molar-refractivity contribution >= 4 is 0 Å². The molecule has 2 nitrogen and oxygen atoms in total. The predicted octanol–water partition coefficient (Wildman–Crippen LogP) is 6.85. The van der Waals surface area contributed by atoms with Gasteiger partial charge in [-0.3, -0.25) is 0 Å². The lowest BCUT2D eigenvalue weighted by molar-refractivity contribution is 0.321. The lowest BCUT2D eigenvalue weighted by Gasteiger charge is -2.20. The third-order valence-corrected chi connectivity index (χ3v) is 5.57. The molecule has 0 heterocycles. The van der Waals surface area contributed by atoms with E-state index in [1.807, 2.05) is 6.07 Å². The number of nitrogens with one attached hydrogen (secondary N) is 1. The Bertz CT molecular complexity index is 877. The van der Waals surface area contributed by atoms with Gasteiger partial charge in [-0.05, 0) is 46.2 Å². The monoisotopic (exact) mass is 401 g/mol. The van der Waals surface area contributed by atoms with Gasteiger partial charge in [-0.1, -0.05) is 94.4 Å². The van der Waals surface area contributed by atoms with Gasteiger partial charge in [0.15, 0.2) is 0 Å². The fraction of sp³-hybridized carbons (Fsp3) is 0.357. The van der Waals surface area contributed by atoms with Crippen molar-refractivity contribution in [3.8, 4) is 5.75 Å². The van der Waals surface area contributed by atoms with E-state index in [-0.39, 0.29) is 5.41 Å². The summed E-state index contributed by atoms with van der Waals surface area (Å²) < 4.78 is 5.93. The summed E-state index contributed by atoms with van der Waals surface area (Å²) in [5.41, 5.74) is 5.51. The van der Waals surface area contributed by atoms with Crippen molar-refractivity contribution < 1.29 is 4.74 Å². The van der Waals surface area contributed by atoms with Gasteiger partial charge < -0.3 is 10.1 Å². The molecule has 30 heavy (non-hydrogen) atoms. The highest BCUT2D eigenvalue weighted by molar-refractivity contribution is 5.30. The van der Waals surface area contributed by atoms with Crippen molar-refractivity contribution in [2.75, 3.05) is 6.61 Å². The Kier molecular flexibility index (Phi) is 7.70. The molecule has 158 valence electrons. The normalized spacial score (nSPS) is 12.5. The van der Waals surface area contributed by atoms with Crippen LogP contribution in [-0.2, 0) is 18.4 Å². The molecule has 0 fully saturated rings. The molecule has 0 spiro atoms. The molecule has 3 aromatic carbocycles. The van der Waals surface area contributed by atoms with Crippen molar-refractivity contribution in [1.29, 1.82) is 0 Å². The van der Waals surface area contributed by atoms with Crippen LogP contribution in [0.4, 0.5) is 0 Å². The Morgan fingerprint density at radius 2 is 1.47 bits per heavy atom. The molecular weight excluding hydrogens is 366 g/mol. The van der Waals surface area contributed by atoms with Crippen molar-refractivity contribution in [2.45, 2.75) is 58.5 Å². The Labute approximate surface area is 182 Å². The summed E-state index contributed by atoms with van der Waals surface area (Å²) in [5.74, 6) is 0.933. The van der Waals surface area contributed by atoms with E-state index < -0.39 is 0 Å². The molecule has 0 saturated carbocycles. The fourth-order valence-electron chi connectivity index (χ4n) is 3.59. The Hall–Kier alpha value is -2.58. The molecule has 2 heteroatoms. The molecule has 0 aliphatic heterocycles. The highest BCUT2D eigenvalue weighted by atomic mass is 16.5. The van der Waals surface area contributed by atoms with Gasteiger partial charge in [-0.15, -0.1) is 0 Å². The first-order valence-electron chi connectivity index (χ1n) is 11.0. The standard InChI is InChI=1S/C28H35NO/c1-5-27(29-21-23-11-15-25(16-12-23)28(2,3)4)24-13-17-26(18-14-24)30-20-19-22-9-7-6-8-10-22/h6-18,27,29H,5,19-21H2,1-4H3. The second-order valence-electron chi connectivity index (χ2n) is 8.94. The maximum Gasteiger partial charge on any atom is 0.119 e. The van der Waals surface area contributed by atoms with Crippen LogP contribution in [-0.4, -0.2) is 6.61 Å². The summed E-state index contributed by atoms with van der Waals surface area (Å²) in [6.45, 7) is 10.6. The summed E-state index contributed by atoms with van der Waals surface area (Å²) in [7, 11) is 0. The molecule has 1 unspecified atom stereocenters. The number of hydrogen-bond acceptors (Lipinski definition) is 2. The number of ether oxygens (including phenoxy) is 1. The minimum Gasteiger partial charge on any atom is -0.493 e. The summed E-state index contributed by atoms with van der Waals surface area (Å²) >= 11 is 0. The number of hydrogen-bond donors (Lipinski definition) is 1. The fourth-order valence-corrected chi connectivity index (χ4v) is 3.59. The topological polar surface area (TPSA) is 21.3 Å². The third-order valence-electron chi connectivity index (χ3n) is 5.57. The summed E-state index contributed by atoms with van der Waals surface area (Å²) in [6.07, 6.45) is 1.98. The zero-order valence-corrected chi connectivity index (χ0v) is 18.8. The van der Waals surface area contributed by atoms with E-state index in [2.05, 4.69) is 106 Å². The minimum absolute atomic E-state index is 0.197. The van der Waals surface area contributed by atoms with Crippen LogP contribution in [0.15, 0.2) is 78.9 Å². The highest BCUT2D eigenvalue weighted by Crippen LogP contribution is 2.23. The van der Waals surface area contributed by atoms with Crippen molar-refractivity contribution in [1.82, 2.24) is 5.32 Å². The molecule has 0 aliphatic carbocycles. The number of benzene rings is 3. The first kappa shape index (κ1) is 22.1. The maximum atomic E-state index is 5.93. The molecule has 3 rings (SSSR count). The minimum atomic E-state index is 0.197. The van der Waals surface area contributed by atoms with Gasteiger partial charge in [0.2, 0.25) is 0 Å². The van der Waals surface area contributed by atoms with E-state index in [0.29, 0.717) is 12.6 Å². The molecule has 0 aliphatic rings. The summed E-state index contributed by atoms with van der Waals surface area (Å²) in [4.78, 5) is 0. The quantitative estimate of drug-likeness (QED) is 0.423. The van der Waals surface area contributed by atoms with Gasteiger partial charge in [-0.25, -0.2) is 0 Å². The lowest BCUT2D eigenvalue weighted by Crippen LogP contribution is -2.20. The molecule has 1 atom stereocenters. The number of rotatable bonds is 9. The molecule has 0 amide bonds. The van der Waals surface area contributed by atoms with E-state index in [9.17, 15) is 0 Å². The molecule has 0 saturated heterocycles. The second-order valence-corrected chi connectivity index (χ2v) is 8.94. The summed E-state index contributed by atoms with van der Waals surface area (Å²) in [6, 6.07) is 28.3. The van der Waals surface area contributed by atoms with Crippen molar-refractivity contribution in [2.24, 2.45) is 0 Å². The van der Waals surface area contributed by atoms with E-state index in [0.717, 1.165) is 25.1 Å². The third kappa shape index (κ3) is 6.47. The molecule has 0 aromatic heterocycles. The Morgan fingerprint density at radius 3 is 2.07 bits per heavy atom. The van der Waals surface area contributed by atoms with Gasteiger partial charge >= 0.3 is 0 Å². The zero-order chi connectivity index (χ0) is 21.4. The van der Waals surface area contributed by atoms with E-state index in [1.54, 1.807) is 0 Å². The van der Waals surface area contributed by atoms with Crippen LogP contribution in [0.1, 0.15) is 62.4 Å². The largest absolute Gasteiger partial charge is 0.493 e. The Balaban J connectivity index is 1.51. The molecule has 0 bridgehead atoms. The average Bonchev–Trinajstić information content (AvgIpc) is 2.76. The van der Waals surface area contributed by atoms with Crippen LogP contribution in [0.2, 0.25) is 0 Å². The molecule has 1 N–H and O–H groups in total. The maximum absolute atomic E-state index is 5.93. The highest BCUT2D eigenvalue weighted by Gasteiger charge is 2.13. The lowest BCUT2D eigenvalue weighted by atomic mass is 9.87. The van der Waals surface area contributed by atoms with Crippen LogP contribution in [0, 0.1) is 0 Å². The van der Waals surface area contributed by atoms with Crippen LogP contribution >= 0.6 is 0 Å². The molecule has 0 radical (unpaired) electrons. The van der Waals surface area contributed by atoms with Crippen molar-refractivity contribution in [3.63, 3.8) is 0 Å². The van der Waals surface area contributed by atoms with Crippen LogP contribution in [0.25, 0.3) is 0 Å². The van der Waals surface area contributed by atoms with Crippen molar-refractivity contribution in [3.05, 3.63) is 101 Å². The average molecular weight is 402 g/mol. The van der Waals surface area contributed by atoms with E-state index >= 15 is 0 Å². The second kappa shape index (κ2) is 10.4. The van der Waals surface area contributed by atoms with Crippen LogP contribution < -0.4 is 10.1 Å². The molecule has 3 aromatic rings. The zero-order valence-electron chi connectivity index (χ0n) is 18.8. The predicted molar refractivity (Wildman–Crippen MR) is 127 cm³/mol. The molecular formula is C28H35NO. The smallest absolute Gasteiger partial charge is 0.119 e. The van der Waals surface area contributed by atoms with E-state index in [1.165, 1.54) is 22.3 Å². The van der Waals surface area contributed by atoms with Crippen LogP contribution in [0.3, 0.4) is 0 Å². The van der Waals surface area contributed by atoms with Gasteiger partial charge in [0, 0.05) is 19.0 Å². The SMILES string of the molecule is CCC(NCc1ccc(C(C)(C)C)cc1)c1ccc(OCCc2ccccc2)cc1. The first-order chi connectivity index (χ1) is 14.5. The van der Waals surface area contributed by atoms with Gasteiger partial charge in [0.05, 0.1) is 6.61 Å². The van der Waals surface area contributed by atoms with Gasteiger partial charge in [-0.2, -0.15) is 0 Å². The van der Waals surface area contributed by atoms with Crippen LogP contribution in [0.5, 0.6) is 5.75 Å². The Morgan fingerprint density at radius 1 is 0.800 bits per heavy atom. The van der Waals surface area contributed by atoms with E-state index in [4.69, 9.17) is 4.74 Å². The summed E-state index contributed by atoms with van der Waals surface area (Å²) in [5, 5.41) is 3.70. The first-order valence-corrected chi connectivity index (χ1v) is 11.0. The van der Waals surface area contributed by atoms with Gasteiger partial charge in [0.1, 0.15) is 5.75 Å².